The minimum atomic E-state index is -0.545. The number of ether oxygens (including phenoxy) is 5. The van der Waals surface area contributed by atoms with Crippen molar-refractivity contribution in [2.45, 2.75) is 67.5 Å². The molecule has 1 saturated heterocycles. The van der Waals surface area contributed by atoms with E-state index in [1.54, 1.807) is 18.0 Å². The van der Waals surface area contributed by atoms with Gasteiger partial charge < -0.3 is 23.7 Å². The van der Waals surface area contributed by atoms with Gasteiger partial charge >= 0.3 is 5.97 Å². The van der Waals surface area contributed by atoms with Crippen molar-refractivity contribution >= 4 is 17.7 Å². The molecule has 4 aromatic rings. The first-order valence-electron chi connectivity index (χ1n) is 14.5. The Labute approximate surface area is 257 Å². The topological polar surface area (TPSA) is 79.4 Å². The summed E-state index contributed by atoms with van der Waals surface area (Å²) >= 11 is 1.56. The van der Waals surface area contributed by atoms with Crippen LogP contribution in [0.1, 0.15) is 29.5 Å². The number of aromatic nitrogens is 1. The molecule has 1 aliphatic rings. The first-order valence-corrected chi connectivity index (χ1v) is 15.3. The van der Waals surface area contributed by atoms with E-state index < -0.39 is 18.3 Å². The zero-order valence-corrected chi connectivity index (χ0v) is 25.0. The molecule has 0 amide bonds. The van der Waals surface area contributed by atoms with Crippen molar-refractivity contribution in [2.75, 3.05) is 7.11 Å². The average molecular weight is 600 g/mol. The molecule has 0 aliphatic carbocycles. The number of carbonyl (C=O) groups excluding carboxylic acids is 1. The normalized spacial score (nSPS) is 18.0. The van der Waals surface area contributed by atoms with Crippen LogP contribution in [0.3, 0.4) is 0 Å². The van der Waals surface area contributed by atoms with Gasteiger partial charge in [0, 0.05) is 12.6 Å². The van der Waals surface area contributed by atoms with Gasteiger partial charge in [-0.25, -0.2) is 4.98 Å². The fourth-order valence-electron chi connectivity index (χ4n) is 4.78. The lowest BCUT2D eigenvalue weighted by Crippen LogP contribution is -2.46. The molecular formula is C35H37NO6S. The Kier molecular flexibility index (Phi) is 11.8. The van der Waals surface area contributed by atoms with Gasteiger partial charge in [-0.15, -0.1) is 0 Å². The number of nitrogens with zero attached hydrogens (tertiary/aromatic N) is 1. The van der Waals surface area contributed by atoms with Crippen LogP contribution in [0.5, 0.6) is 0 Å². The third kappa shape index (κ3) is 9.74. The molecule has 1 fully saturated rings. The first kappa shape index (κ1) is 30.9. The van der Waals surface area contributed by atoms with Gasteiger partial charge in [-0.2, -0.15) is 0 Å². The number of carbonyl (C=O) groups is 1. The second-order valence-corrected chi connectivity index (χ2v) is 11.3. The van der Waals surface area contributed by atoms with Gasteiger partial charge in [0.15, 0.2) is 0 Å². The summed E-state index contributed by atoms with van der Waals surface area (Å²) in [5.41, 5.74) is 2.94. The fourth-order valence-corrected chi connectivity index (χ4v) is 5.77. The van der Waals surface area contributed by atoms with Crippen molar-refractivity contribution in [2.24, 2.45) is 0 Å². The number of rotatable bonds is 17. The lowest BCUT2D eigenvalue weighted by Gasteiger charge is -2.33. The third-order valence-corrected chi connectivity index (χ3v) is 8.20. The minimum absolute atomic E-state index is 0.158. The maximum Gasteiger partial charge on any atom is 0.305 e. The van der Waals surface area contributed by atoms with E-state index in [9.17, 15) is 4.79 Å². The molecule has 7 nitrogen and oxygen atoms in total. The van der Waals surface area contributed by atoms with Crippen molar-refractivity contribution in [1.82, 2.24) is 4.98 Å². The lowest BCUT2D eigenvalue weighted by atomic mass is 10.00. The van der Waals surface area contributed by atoms with Crippen LogP contribution in [0.25, 0.3) is 0 Å². The quantitative estimate of drug-likeness (QED) is 0.0992. The monoisotopic (exact) mass is 599 g/mol. The highest BCUT2D eigenvalue weighted by molar-refractivity contribution is 8.00. The number of esters is 1. The Bertz CT molecular complexity index is 1360. The van der Waals surface area contributed by atoms with Gasteiger partial charge in [0.2, 0.25) is 0 Å². The van der Waals surface area contributed by atoms with Crippen LogP contribution in [-0.4, -0.2) is 47.9 Å². The molecule has 43 heavy (non-hydrogen) atoms. The van der Waals surface area contributed by atoms with Crippen LogP contribution in [0.15, 0.2) is 120 Å². The molecule has 1 aromatic heterocycles. The van der Waals surface area contributed by atoms with E-state index in [0.29, 0.717) is 26.2 Å². The SMILES string of the molecule is COC(=O)CC[C@@H](OCc1ccccc1)[C@H](OCc1ccccc1)[C@@H](OCc1ccccc1)[C@H]1OC1Sc1ccccn1. The molecule has 8 heteroatoms. The number of hydrogen-bond donors (Lipinski definition) is 0. The molecule has 224 valence electrons. The molecule has 0 saturated carbocycles. The standard InChI is InChI=1S/C35H37NO6S/c1-38-31(37)21-20-29(39-23-26-13-5-2-6-14-26)32(40-24-27-15-7-3-8-16-27)33(41-25-28-17-9-4-10-18-28)34-35(42-34)43-30-19-11-12-22-36-30/h2-19,22,29,32-35H,20-21,23-25H2,1H3/t29-,32+,33-,34-,35?/m1/s1. The maximum atomic E-state index is 12.3. The Morgan fingerprint density at radius 2 is 1.33 bits per heavy atom. The van der Waals surface area contributed by atoms with E-state index in [1.807, 2.05) is 109 Å². The third-order valence-electron chi connectivity index (χ3n) is 7.11. The van der Waals surface area contributed by atoms with E-state index in [4.69, 9.17) is 23.7 Å². The van der Waals surface area contributed by atoms with Crippen LogP contribution in [0.2, 0.25) is 0 Å². The average Bonchev–Trinajstić information content (AvgIpc) is 3.83. The summed E-state index contributed by atoms with van der Waals surface area (Å²) in [6.07, 6.45) is 0.583. The molecule has 0 spiro atoms. The number of pyridine rings is 1. The Hall–Kier alpha value is -3.53. The van der Waals surface area contributed by atoms with E-state index in [2.05, 4.69) is 4.98 Å². The molecule has 0 bridgehead atoms. The fraction of sp³-hybridized carbons (Fsp3) is 0.314. The summed E-state index contributed by atoms with van der Waals surface area (Å²) in [5, 5.41) is 0.876. The molecule has 3 aromatic carbocycles. The molecule has 1 unspecified atom stereocenters. The van der Waals surface area contributed by atoms with Crippen LogP contribution in [0.4, 0.5) is 0 Å². The summed E-state index contributed by atoms with van der Waals surface area (Å²) in [4.78, 5) is 16.7. The van der Waals surface area contributed by atoms with Gasteiger partial charge in [0.05, 0.1) is 38.1 Å². The van der Waals surface area contributed by atoms with Crippen molar-refractivity contribution in [3.8, 4) is 0 Å². The van der Waals surface area contributed by atoms with Gasteiger partial charge in [-0.3, -0.25) is 4.79 Å². The van der Waals surface area contributed by atoms with E-state index in [-0.39, 0.29) is 23.9 Å². The first-order chi connectivity index (χ1) is 21.2. The largest absolute Gasteiger partial charge is 0.469 e. The van der Waals surface area contributed by atoms with Crippen molar-refractivity contribution in [3.05, 3.63) is 132 Å². The molecule has 1 aliphatic heterocycles. The summed E-state index contributed by atoms with van der Waals surface area (Å²) in [5.74, 6) is -0.303. The number of hydrogen-bond acceptors (Lipinski definition) is 8. The maximum absolute atomic E-state index is 12.3. The second-order valence-electron chi connectivity index (χ2n) is 10.2. The molecule has 0 radical (unpaired) electrons. The zero-order chi connectivity index (χ0) is 29.7. The van der Waals surface area contributed by atoms with E-state index >= 15 is 0 Å². The number of methoxy groups -OCH3 is 1. The van der Waals surface area contributed by atoms with E-state index in [0.717, 1.165) is 21.7 Å². The number of thioether (sulfide) groups is 1. The van der Waals surface area contributed by atoms with Gasteiger partial charge in [-0.05, 0) is 35.2 Å². The minimum Gasteiger partial charge on any atom is -0.469 e. The highest BCUT2D eigenvalue weighted by Gasteiger charge is 2.52. The number of epoxide rings is 1. The van der Waals surface area contributed by atoms with Crippen molar-refractivity contribution in [3.63, 3.8) is 0 Å². The van der Waals surface area contributed by atoms with Crippen LogP contribution in [-0.2, 0) is 48.3 Å². The van der Waals surface area contributed by atoms with Gasteiger partial charge in [-0.1, -0.05) is 109 Å². The second kappa shape index (κ2) is 16.4. The molecule has 5 rings (SSSR count). The van der Waals surface area contributed by atoms with Crippen molar-refractivity contribution < 1.29 is 28.5 Å². The van der Waals surface area contributed by atoms with Crippen LogP contribution < -0.4 is 0 Å². The lowest BCUT2D eigenvalue weighted by molar-refractivity contribution is -0.162. The summed E-state index contributed by atoms with van der Waals surface area (Å²) in [7, 11) is 1.40. The van der Waals surface area contributed by atoms with Crippen LogP contribution >= 0.6 is 11.8 Å². The summed E-state index contributed by atoms with van der Waals surface area (Å²) < 4.78 is 31.1. The molecular weight excluding hydrogens is 562 g/mol. The van der Waals surface area contributed by atoms with Crippen molar-refractivity contribution in [1.29, 1.82) is 0 Å². The number of benzene rings is 3. The Morgan fingerprint density at radius 1 is 0.767 bits per heavy atom. The predicted octanol–water partition coefficient (Wildman–Crippen LogP) is 6.61. The van der Waals surface area contributed by atoms with Gasteiger partial charge in [0.25, 0.3) is 0 Å². The predicted molar refractivity (Wildman–Crippen MR) is 165 cm³/mol. The summed E-state index contributed by atoms with van der Waals surface area (Å²) in [6, 6.07) is 35.8. The molecule has 5 atom stereocenters. The highest BCUT2D eigenvalue weighted by atomic mass is 32.2. The highest BCUT2D eigenvalue weighted by Crippen LogP contribution is 2.42. The van der Waals surface area contributed by atoms with E-state index in [1.165, 1.54) is 7.11 Å². The zero-order valence-electron chi connectivity index (χ0n) is 24.2. The smallest absolute Gasteiger partial charge is 0.305 e. The molecule has 0 N–H and O–H groups in total. The summed E-state index contributed by atoms with van der Waals surface area (Å²) in [6.45, 7) is 1.09. The Balaban J connectivity index is 1.42. The van der Waals surface area contributed by atoms with Crippen LogP contribution in [0, 0.1) is 0 Å². The molecule has 2 heterocycles. The van der Waals surface area contributed by atoms with Gasteiger partial charge in [0.1, 0.15) is 23.7 Å². The Morgan fingerprint density at radius 3 is 1.88 bits per heavy atom.